The van der Waals surface area contributed by atoms with Gasteiger partial charge in [-0.1, -0.05) is 41.4 Å². The molecule has 0 saturated carbocycles. The fourth-order valence-corrected chi connectivity index (χ4v) is 3.86. The minimum Gasteiger partial charge on any atom is -0.127 e. The van der Waals surface area contributed by atoms with Gasteiger partial charge in [0.25, 0.3) is 0 Å². The molecule has 13 heavy (non-hydrogen) atoms. The molecule has 0 aliphatic rings. The van der Waals surface area contributed by atoms with Crippen LogP contribution in [0.5, 0.6) is 0 Å². The highest BCUT2D eigenvalue weighted by Gasteiger charge is 2.22. The van der Waals surface area contributed by atoms with Crippen molar-refractivity contribution in [2.45, 2.75) is 25.7 Å². The number of rotatable bonds is 3. The Morgan fingerprint density at radius 3 is 2.54 bits per heavy atom. The van der Waals surface area contributed by atoms with Crippen LogP contribution in [-0.4, -0.2) is 5.33 Å². The van der Waals surface area contributed by atoms with E-state index in [4.69, 9.17) is 11.6 Å². The molecule has 0 aromatic carbocycles. The topological polar surface area (TPSA) is 0 Å². The Hall–Kier alpha value is 0.950. The van der Waals surface area contributed by atoms with Crippen LogP contribution in [0, 0.1) is 0 Å². The highest BCUT2D eigenvalue weighted by atomic mass is 79.9. The van der Waals surface area contributed by atoms with Gasteiger partial charge in [0.05, 0.1) is 0 Å². The van der Waals surface area contributed by atoms with Crippen molar-refractivity contribution in [3.8, 4) is 0 Å². The lowest BCUT2D eigenvalue weighted by atomic mass is 9.89. The van der Waals surface area contributed by atoms with E-state index in [1.165, 1.54) is 4.88 Å². The van der Waals surface area contributed by atoms with E-state index >= 15 is 0 Å². The molecule has 1 rings (SSSR count). The SMILES string of the molecule is CC(C)(CCBr)c1cc(Br)c(Cl)s1. The summed E-state index contributed by atoms with van der Waals surface area (Å²) < 4.78 is 1.86. The molecule has 0 N–H and O–H groups in total. The predicted octanol–water partition coefficient (Wildman–Crippen LogP) is 5.23. The van der Waals surface area contributed by atoms with Crippen molar-refractivity contribution in [3.63, 3.8) is 0 Å². The first-order chi connectivity index (χ1) is 5.97. The van der Waals surface area contributed by atoms with Gasteiger partial charge in [-0.25, -0.2) is 0 Å². The van der Waals surface area contributed by atoms with Gasteiger partial charge in [-0.2, -0.15) is 0 Å². The Morgan fingerprint density at radius 1 is 1.54 bits per heavy atom. The summed E-state index contributed by atoms with van der Waals surface area (Å²) in [5, 5.41) is 1.02. The molecule has 1 aromatic heterocycles. The van der Waals surface area contributed by atoms with Crippen LogP contribution in [0.15, 0.2) is 10.5 Å². The summed E-state index contributed by atoms with van der Waals surface area (Å²) in [6.45, 7) is 4.48. The molecule has 0 saturated heterocycles. The molecule has 0 atom stereocenters. The van der Waals surface area contributed by atoms with E-state index in [9.17, 15) is 0 Å². The lowest BCUT2D eigenvalue weighted by Gasteiger charge is -2.21. The van der Waals surface area contributed by atoms with Crippen molar-refractivity contribution in [2.75, 3.05) is 5.33 Å². The van der Waals surface area contributed by atoms with E-state index < -0.39 is 0 Å². The van der Waals surface area contributed by atoms with Gasteiger partial charge in [0.2, 0.25) is 0 Å². The van der Waals surface area contributed by atoms with Crippen LogP contribution in [0.25, 0.3) is 0 Å². The summed E-state index contributed by atoms with van der Waals surface area (Å²) >= 11 is 14.5. The standard InChI is InChI=1S/C9H11Br2ClS/c1-9(2,3-4-10)7-5-6(11)8(12)13-7/h5H,3-4H2,1-2H3. The molecule has 0 amide bonds. The van der Waals surface area contributed by atoms with Gasteiger partial charge in [0, 0.05) is 14.7 Å². The number of hydrogen-bond donors (Lipinski definition) is 0. The number of halogens is 3. The van der Waals surface area contributed by atoms with Gasteiger partial charge in [-0.05, 0) is 33.8 Å². The largest absolute Gasteiger partial charge is 0.127 e. The molecule has 1 heterocycles. The van der Waals surface area contributed by atoms with Gasteiger partial charge in [0.15, 0.2) is 0 Å². The quantitative estimate of drug-likeness (QED) is 0.658. The second kappa shape index (κ2) is 4.65. The van der Waals surface area contributed by atoms with Crippen molar-refractivity contribution in [3.05, 3.63) is 19.8 Å². The first-order valence-electron chi connectivity index (χ1n) is 3.98. The lowest BCUT2D eigenvalue weighted by molar-refractivity contribution is 0.523. The second-order valence-electron chi connectivity index (χ2n) is 3.56. The highest BCUT2D eigenvalue weighted by molar-refractivity contribution is 9.10. The van der Waals surface area contributed by atoms with Crippen LogP contribution in [0.4, 0.5) is 0 Å². The Morgan fingerprint density at radius 2 is 2.15 bits per heavy atom. The molecule has 74 valence electrons. The maximum Gasteiger partial charge on any atom is 0.107 e. The third-order valence-electron chi connectivity index (χ3n) is 2.03. The lowest BCUT2D eigenvalue weighted by Crippen LogP contribution is -2.15. The van der Waals surface area contributed by atoms with Crippen LogP contribution < -0.4 is 0 Å². The summed E-state index contributed by atoms with van der Waals surface area (Å²) in [6, 6.07) is 2.12. The summed E-state index contributed by atoms with van der Waals surface area (Å²) in [6.07, 6.45) is 1.12. The Balaban J connectivity index is 2.93. The van der Waals surface area contributed by atoms with Gasteiger partial charge >= 0.3 is 0 Å². The molecule has 4 heteroatoms. The fourth-order valence-electron chi connectivity index (χ4n) is 1.04. The molecule has 1 aromatic rings. The molecule has 0 unspecified atom stereocenters. The zero-order valence-corrected chi connectivity index (χ0v) is 12.3. The fraction of sp³-hybridized carbons (Fsp3) is 0.556. The van der Waals surface area contributed by atoms with Crippen molar-refractivity contribution in [1.29, 1.82) is 0 Å². The van der Waals surface area contributed by atoms with Crippen LogP contribution in [0.2, 0.25) is 4.34 Å². The zero-order valence-electron chi connectivity index (χ0n) is 7.53. The van der Waals surface area contributed by atoms with Crippen LogP contribution in [-0.2, 0) is 5.41 Å². The van der Waals surface area contributed by atoms with E-state index in [2.05, 4.69) is 51.8 Å². The molecule has 0 radical (unpaired) electrons. The summed E-state index contributed by atoms with van der Waals surface area (Å²) in [5.74, 6) is 0. The van der Waals surface area contributed by atoms with Gasteiger partial charge in [0.1, 0.15) is 4.34 Å². The first-order valence-corrected chi connectivity index (χ1v) is 7.09. The normalized spacial score (nSPS) is 12.1. The average Bonchev–Trinajstić information content (AvgIpc) is 2.33. The first kappa shape index (κ1) is 12.0. The minimum atomic E-state index is 0.212. The Kier molecular flexibility index (Phi) is 4.30. The van der Waals surface area contributed by atoms with E-state index in [1.54, 1.807) is 11.3 Å². The molecular weight excluding hydrogens is 335 g/mol. The molecule has 0 nitrogen and oxygen atoms in total. The number of hydrogen-bond acceptors (Lipinski definition) is 1. The second-order valence-corrected chi connectivity index (χ2v) is 6.86. The van der Waals surface area contributed by atoms with Gasteiger partial charge in [-0.3, -0.25) is 0 Å². The maximum atomic E-state index is 6.00. The molecular formula is C9H11Br2ClS. The summed E-state index contributed by atoms with van der Waals surface area (Å²) in [7, 11) is 0. The van der Waals surface area contributed by atoms with E-state index in [0.29, 0.717) is 0 Å². The minimum absolute atomic E-state index is 0.212. The van der Waals surface area contributed by atoms with Crippen LogP contribution >= 0.6 is 54.8 Å². The van der Waals surface area contributed by atoms with Crippen molar-refractivity contribution in [2.24, 2.45) is 0 Å². The third-order valence-corrected chi connectivity index (χ3v) is 5.27. The summed E-state index contributed by atoms with van der Waals surface area (Å²) in [4.78, 5) is 1.34. The van der Waals surface area contributed by atoms with Crippen molar-refractivity contribution in [1.82, 2.24) is 0 Å². The van der Waals surface area contributed by atoms with Crippen LogP contribution in [0.3, 0.4) is 0 Å². The van der Waals surface area contributed by atoms with Crippen molar-refractivity contribution >= 4 is 54.8 Å². The third kappa shape index (κ3) is 2.95. The van der Waals surface area contributed by atoms with Gasteiger partial charge in [-0.15, -0.1) is 11.3 Å². The van der Waals surface area contributed by atoms with Gasteiger partial charge < -0.3 is 0 Å². The highest BCUT2D eigenvalue weighted by Crippen LogP contribution is 2.40. The summed E-state index contributed by atoms with van der Waals surface area (Å²) in [5.41, 5.74) is 0.212. The molecule has 0 aliphatic carbocycles. The molecule has 0 fully saturated rings. The van der Waals surface area contributed by atoms with Crippen LogP contribution in [0.1, 0.15) is 25.1 Å². The number of thiophene rings is 1. The average molecular weight is 347 g/mol. The van der Waals surface area contributed by atoms with Crippen molar-refractivity contribution < 1.29 is 0 Å². The Labute approximate surface area is 105 Å². The monoisotopic (exact) mass is 344 g/mol. The van der Waals surface area contributed by atoms with E-state index in [0.717, 1.165) is 20.6 Å². The molecule has 0 bridgehead atoms. The van der Waals surface area contributed by atoms with E-state index in [1.807, 2.05) is 0 Å². The van der Waals surface area contributed by atoms with E-state index in [-0.39, 0.29) is 5.41 Å². The maximum absolute atomic E-state index is 6.00. The molecule has 0 spiro atoms. The zero-order chi connectivity index (χ0) is 10.1. The smallest absolute Gasteiger partial charge is 0.107 e. The Bertz CT molecular complexity index is 274. The number of alkyl halides is 1. The molecule has 0 aliphatic heterocycles. The predicted molar refractivity (Wildman–Crippen MR) is 68.5 cm³/mol.